The molecule has 0 aromatic rings. The summed E-state index contributed by atoms with van der Waals surface area (Å²) in [6, 6.07) is -0.874. The molecule has 0 saturated carbocycles. The molecule has 0 fully saturated rings. The van der Waals surface area contributed by atoms with Crippen LogP contribution in [0.4, 0.5) is 0 Å². The smallest absolute Gasteiger partial charge is 0.326 e. The Kier molecular flexibility index (Phi) is 32.7. The van der Waals surface area contributed by atoms with Crippen molar-refractivity contribution in [2.45, 2.75) is 180 Å². The zero-order chi connectivity index (χ0) is 34.6. The highest BCUT2D eigenvalue weighted by Gasteiger charge is 2.18. The second-order valence-corrected chi connectivity index (χ2v) is 12.6. The van der Waals surface area contributed by atoms with Crippen LogP contribution in [0, 0.1) is 0 Å². The van der Waals surface area contributed by atoms with Crippen LogP contribution < -0.4 is 11.1 Å². The van der Waals surface area contributed by atoms with E-state index in [-0.39, 0.29) is 18.0 Å². The average Bonchev–Trinajstić information content (AvgIpc) is 3.05. The number of hydrogen-bond acceptors (Lipinski definition) is 5. The van der Waals surface area contributed by atoms with Crippen LogP contribution in [0.25, 0.3) is 0 Å². The van der Waals surface area contributed by atoms with Crippen LogP contribution >= 0.6 is 0 Å². The first-order chi connectivity index (χ1) is 22.9. The lowest BCUT2D eigenvalue weighted by atomic mass is 10.1. The van der Waals surface area contributed by atoms with E-state index in [1.807, 2.05) is 24.3 Å². The normalized spacial score (nSPS) is 13.3. The second kappa shape index (κ2) is 34.7. The molecule has 0 heterocycles. The van der Waals surface area contributed by atoms with Gasteiger partial charge in [-0.15, -0.1) is 0 Å². The van der Waals surface area contributed by atoms with E-state index >= 15 is 0 Å². The van der Waals surface area contributed by atoms with E-state index < -0.39 is 12.0 Å². The van der Waals surface area contributed by atoms with E-state index in [0.29, 0.717) is 38.6 Å². The summed E-state index contributed by atoms with van der Waals surface area (Å²) in [6.07, 6.45) is 40.7. The third kappa shape index (κ3) is 31.7. The highest BCUT2D eigenvalue weighted by molar-refractivity contribution is 5.83. The van der Waals surface area contributed by atoms with Gasteiger partial charge in [0.25, 0.3) is 0 Å². The Morgan fingerprint density at radius 1 is 0.660 bits per heavy atom. The lowest BCUT2D eigenvalue weighted by Crippen LogP contribution is -2.40. The van der Waals surface area contributed by atoms with Crippen molar-refractivity contribution in [1.29, 1.82) is 0 Å². The SMILES string of the molecule is CC/C=C\C/C=C\C(/C=C\CCCCCC(=O)NC(CCCN)C(=O)O)OC(=O)CCCCCCC/C=C\CCCCCCCCC. The van der Waals surface area contributed by atoms with Crippen molar-refractivity contribution in [3.05, 3.63) is 48.6 Å². The monoisotopic (exact) mass is 659 g/mol. The number of aliphatic carboxylic acids is 1. The summed E-state index contributed by atoms with van der Waals surface area (Å²) in [5.41, 5.74) is 5.45. The van der Waals surface area contributed by atoms with Crippen LogP contribution in [0.1, 0.15) is 168 Å². The molecule has 4 N–H and O–H groups in total. The van der Waals surface area contributed by atoms with Crippen molar-refractivity contribution < 1.29 is 24.2 Å². The van der Waals surface area contributed by atoms with Gasteiger partial charge in [-0.3, -0.25) is 9.59 Å². The number of nitrogens with two attached hydrogens (primary N) is 1. The number of ether oxygens (including phenoxy) is 1. The van der Waals surface area contributed by atoms with Crippen LogP contribution in [0.3, 0.4) is 0 Å². The number of amides is 1. The van der Waals surface area contributed by atoms with Crippen LogP contribution in [0.5, 0.6) is 0 Å². The molecule has 1 amide bonds. The van der Waals surface area contributed by atoms with Gasteiger partial charge in [0.15, 0.2) is 0 Å². The van der Waals surface area contributed by atoms with Gasteiger partial charge in [-0.1, -0.05) is 115 Å². The molecule has 0 spiro atoms. The molecule has 0 radical (unpaired) electrons. The average molecular weight is 659 g/mol. The molecular weight excluding hydrogens is 588 g/mol. The van der Waals surface area contributed by atoms with Crippen LogP contribution in [-0.2, 0) is 19.1 Å². The van der Waals surface area contributed by atoms with Crippen molar-refractivity contribution in [2.75, 3.05) is 6.54 Å². The number of carbonyl (C=O) groups is 3. The number of rotatable bonds is 33. The summed E-state index contributed by atoms with van der Waals surface area (Å²) in [5.74, 6) is -1.41. The predicted octanol–water partition coefficient (Wildman–Crippen LogP) is 10.1. The number of carbonyl (C=O) groups excluding carboxylic acids is 2. The van der Waals surface area contributed by atoms with Crippen molar-refractivity contribution >= 4 is 17.8 Å². The lowest BCUT2D eigenvalue weighted by Gasteiger charge is -2.13. The van der Waals surface area contributed by atoms with Gasteiger partial charge in [0, 0.05) is 12.8 Å². The lowest BCUT2D eigenvalue weighted by molar-refractivity contribution is -0.145. The minimum atomic E-state index is -1.02. The molecule has 7 nitrogen and oxygen atoms in total. The maximum absolute atomic E-state index is 12.6. The van der Waals surface area contributed by atoms with E-state index in [4.69, 9.17) is 10.5 Å². The number of nitrogens with one attached hydrogen (secondary N) is 1. The molecular formula is C40H70N2O5. The minimum Gasteiger partial charge on any atom is -0.480 e. The molecule has 2 atom stereocenters. The Hall–Kier alpha value is -2.67. The van der Waals surface area contributed by atoms with Gasteiger partial charge in [0.2, 0.25) is 5.91 Å². The molecule has 0 rings (SSSR count). The van der Waals surface area contributed by atoms with Gasteiger partial charge in [0.05, 0.1) is 0 Å². The molecule has 47 heavy (non-hydrogen) atoms. The van der Waals surface area contributed by atoms with Crippen molar-refractivity contribution in [1.82, 2.24) is 5.32 Å². The number of esters is 1. The van der Waals surface area contributed by atoms with Gasteiger partial charge in [-0.2, -0.15) is 0 Å². The molecule has 0 aromatic heterocycles. The zero-order valence-electron chi connectivity index (χ0n) is 30.1. The number of unbranched alkanes of at least 4 members (excludes halogenated alkanes) is 15. The maximum atomic E-state index is 12.6. The Bertz CT molecular complexity index is 880. The fourth-order valence-corrected chi connectivity index (χ4v) is 5.23. The van der Waals surface area contributed by atoms with Gasteiger partial charge >= 0.3 is 11.9 Å². The highest BCUT2D eigenvalue weighted by Crippen LogP contribution is 2.12. The van der Waals surface area contributed by atoms with Crippen molar-refractivity contribution in [3.63, 3.8) is 0 Å². The van der Waals surface area contributed by atoms with Crippen molar-refractivity contribution in [3.8, 4) is 0 Å². The Morgan fingerprint density at radius 2 is 1.21 bits per heavy atom. The molecule has 0 saturated heterocycles. The van der Waals surface area contributed by atoms with E-state index in [0.717, 1.165) is 57.8 Å². The predicted molar refractivity (Wildman–Crippen MR) is 197 cm³/mol. The van der Waals surface area contributed by atoms with Crippen molar-refractivity contribution in [2.24, 2.45) is 5.73 Å². The van der Waals surface area contributed by atoms with Gasteiger partial charge in [-0.25, -0.2) is 4.79 Å². The van der Waals surface area contributed by atoms with Crippen LogP contribution in [-0.4, -0.2) is 41.6 Å². The third-order valence-electron chi connectivity index (χ3n) is 8.09. The first-order valence-electron chi connectivity index (χ1n) is 19.0. The van der Waals surface area contributed by atoms with Gasteiger partial charge < -0.3 is 20.9 Å². The second-order valence-electron chi connectivity index (χ2n) is 12.6. The molecule has 0 aromatic carbocycles. The topological polar surface area (TPSA) is 119 Å². The largest absolute Gasteiger partial charge is 0.480 e. The molecule has 270 valence electrons. The third-order valence-corrected chi connectivity index (χ3v) is 8.09. The molecule has 0 aliphatic carbocycles. The van der Waals surface area contributed by atoms with E-state index in [2.05, 4.69) is 43.5 Å². The van der Waals surface area contributed by atoms with Crippen LogP contribution in [0.15, 0.2) is 48.6 Å². The highest BCUT2D eigenvalue weighted by atomic mass is 16.5. The first-order valence-corrected chi connectivity index (χ1v) is 19.0. The summed E-state index contributed by atoms with van der Waals surface area (Å²) in [5, 5.41) is 11.8. The fraction of sp³-hybridized carbons (Fsp3) is 0.725. The summed E-state index contributed by atoms with van der Waals surface area (Å²) < 4.78 is 5.77. The molecule has 0 aliphatic heterocycles. The molecule has 0 bridgehead atoms. The number of carboxylic acid groups (broad SMARTS) is 1. The number of carboxylic acids is 1. The quantitative estimate of drug-likeness (QED) is 0.0367. The van der Waals surface area contributed by atoms with Crippen LogP contribution in [0.2, 0.25) is 0 Å². The zero-order valence-corrected chi connectivity index (χ0v) is 30.1. The van der Waals surface area contributed by atoms with E-state index in [1.54, 1.807) is 0 Å². The summed E-state index contributed by atoms with van der Waals surface area (Å²) in [4.78, 5) is 36.0. The Labute approximate surface area is 287 Å². The summed E-state index contributed by atoms with van der Waals surface area (Å²) in [7, 11) is 0. The Balaban J connectivity index is 4.22. The molecule has 7 heteroatoms. The molecule has 0 aliphatic rings. The Morgan fingerprint density at radius 3 is 1.83 bits per heavy atom. The van der Waals surface area contributed by atoms with E-state index in [1.165, 1.54) is 64.2 Å². The standard InChI is InChI=1S/C40H70N2O5/c1-3-5-7-9-10-11-12-13-14-15-16-17-18-19-24-28-34-39(44)47-36(30-25-21-8-6-4-2)31-26-22-20-23-27-33-38(43)42-37(40(45)46)32-29-35-41/h6,8,14-15,25-26,30-31,36-37H,3-5,7,9-13,16-24,27-29,32-35,41H2,1-2H3,(H,42,43)(H,45,46)/b8-6-,15-14-,30-25-,31-26-. The van der Waals surface area contributed by atoms with E-state index in [9.17, 15) is 19.5 Å². The summed E-state index contributed by atoms with van der Waals surface area (Å²) >= 11 is 0. The minimum absolute atomic E-state index is 0.154. The number of allylic oxidation sites excluding steroid dienone is 6. The molecule has 2 unspecified atom stereocenters. The fourth-order valence-electron chi connectivity index (χ4n) is 5.23. The number of hydrogen-bond donors (Lipinski definition) is 3. The first kappa shape index (κ1) is 44.3. The summed E-state index contributed by atoms with van der Waals surface area (Å²) in [6.45, 7) is 4.77. The van der Waals surface area contributed by atoms with Gasteiger partial charge in [-0.05, 0) is 95.7 Å². The van der Waals surface area contributed by atoms with Gasteiger partial charge in [0.1, 0.15) is 12.1 Å². The maximum Gasteiger partial charge on any atom is 0.326 e.